The standard InChI is InChI=1S/C28H24N2O4S2/c1-5-29(35(31,32)26-18-14-23(3)15-19-26)22-10-9-12-25-11-7-8-13-28(25)30(6-2)36(33,34)27-20-16-24(4)17-21-27/h1-2,7-8,11,13-21H,10,22H2,3-4H3. The molecule has 0 aromatic heterocycles. The first-order valence-electron chi connectivity index (χ1n) is 10.8. The van der Waals surface area contributed by atoms with Gasteiger partial charge in [-0.25, -0.2) is 21.1 Å². The van der Waals surface area contributed by atoms with Crippen LogP contribution in [0.25, 0.3) is 0 Å². The van der Waals surface area contributed by atoms with Crippen LogP contribution in [0.3, 0.4) is 0 Å². The van der Waals surface area contributed by atoms with Gasteiger partial charge in [0.25, 0.3) is 20.0 Å². The Morgan fingerprint density at radius 2 is 1.25 bits per heavy atom. The largest absolute Gasteiger partial charge is 0.275 e. The van der Waals surface area contributed by atoms with Gasteiger partial charge in [-0.1, -0.05) is 72.2 Å². The maximum absolute atomic E-state index is 13.2. The first-order valence-corrected chi connectivity index (χ1v) is 13.7. The van der Waals surface area contributed by atoms with E-state index in [1.807, 2.05) is 13.8 Å². The first kappa shape index (κ1) is 26.4. The Kier molecular flexibility index (Phi) is 8.12. The van der Waals surface area contributed by atoms with E-state index < -0.39 is 20.0 Å². The number of hydrogen-bond acceptors (Lipinski definition) is 4. The van der Waals surface area contributed by atoms with E-state index in [-0.39, 0.29) is 28.4 Å². The second-order valence-corrected chi connectivity index (χ2v) is 11.4. The molecule has 0 fully saturated rings. The quantitative estimate of drug-likeness (QED) is 0.350. The molecule has 0 aliphatic rings. The highest BCUT2D eigenvalue weighted by Crippen LogP contribution is 2.26. The summed E-state index contributed by atoms with van der Waals surface area (Å²) in [6.45, 7) is 3.67. The first-order chi connectivity index (χ1) is 17.1. The highest BCUT2D eigenvalue weighted by atomic mass is 32.2. The molecule has 0 unspecified atom stereocenters. The molecule has 8 heteroatoms. The predicted molar refractivity (Wildman–Crippen MR) is 142 cm³/mol. The van der Waals surface area contributed by atoms with Crippen molar-refractivity contribution in [1.29, 1.82) is 0 Å². The molecule has 3 aromatic rings. The lowest BCUT2D eigenvalue weighted by atomic mass is 10.2. The van der Waals surface area contributed by atoms with Crippen LogP contribution in [-0.2, 0) is 20.0 Å². The van der Waals surface area contributed by atoms with Gasteiger partial charge in [0.15, 0.2) is 0 Å². The summed E-state index contributed by atoms with van der Waals surface area (Å²) in [7, 11) is -7.91. The molecule has 0 heterocycles. The lowest BCUT2D eigenvalue weighted by molar-refractivity contribution is 0.516. The minimum atomic E-state index is -4.03. The van der Waals surface area contributed by atoms with E-state index in [4.69, 9.17) is 12.8 Å². The van der Waals surface area contributed by atoms with Gasteiger partial charge in [-0.2, -0.15) is 4.31 Å². The molecule has 182 valence electrons. The van der Waals surface area contributed by atoms with Gasteiger partial charge in [0.05, 0.1) is 27.6 Å². The number of para-hydroxylation sites is 1. The molecule has 0 saturated carbocycles. The van der Waals surface area contributed by atoms with Crippen molar-refractivity contribution in [2.75, 3.05) is 10.8 Å². The van der Waals surface area contributed by atoms with Crippen LogP contribution in [0.2, 0.25) is 0 Å². The van der Waals surface area contributed by atoms with Crippen LogP contribution in [0.15, 0.2) is 82.6 Å². The number of aryl methyl sites for hydroxylation is 2. The SMILES string of the molecule is C#CN(CCC#Cc1ccccc1N(C#C)S(=O)(=O)c1ccc(C)cc1)S(=O)(=O)c1ccc(C)cc1. The summed E-state index contributed by atoms with van der Waals surface area (Å²) >= 11 is 0. The van der Waals surface area contributed by atoms with Gasteiger partial charge in [0.1, 0.15) is 0 Å². The normalized spacial score (nSPS) is 10.9. The van der Waals surface area contributed by atoms with Crippen LogP contribution in [0, 0.1) is 50.6 Å². The minimum Gasteiger partial charge on any atom is -0.224 e. The van der Waals surface area contributed by atoms with Crippen molar-refractivity contribution in [1.82, 2.24) is 4.31 Å². The second kappa shape index (κ2) is 11.1. The van der Waals surface area contributed by atoms with E-state index in [1.54, 1.807) is 48.5 Å². The summed E-state index contributed by atoms with van der Waals surface area (Å²) in [6, 6.07) is 23.7. The average Bonchev–Trinajstić information content (AvgIpc) is 2.85. The molecule has 6 nitrogen and oxygen atoms in total. The van der Waals surface area contributed by atoms with Gasteiger partial charge in [-0.3, -0.25) is 0 Å². The van der Waals surface area contributed by atoms with Crippen LogP contribution in [-0.4, -0.2) is 27.7 Å². The number of benzene rings is 3. The Morgan fingerprint density at radius 3 is 1.78 bits per heavy atom. The van der Waals surface area contributed by atoms with Gasteiger partial charge < -0.3 is 0 Å². The summed E-state index contributed by atoms with van der Waals surface area (Å²) in [4.78, 5) is 0.148. The molecule has 0 aliphatic heterocycles. The molecule has 0 radical (unpaired) electrons. The molecule has 0 amide bonds. The molecule has 3 aromatic carbocycles. The van der Waals surface area contributed by atoms with Gasteiger partial charge in [-0.05, 0) is 50.2 Å². The fraction of sp³-hybridized carbons (Fsp3) is 0.143. The van der Waals surface area contributed by atoms with E-state index in [2.05, 4.69) is 23.9 Å². The van der Waals surface area contributed by atoms with Crippen molar-refractivity contribution in [3.63, 3.8) is 0 Å². The van der Waals surface area contributed by atoms with E-state index in [9.17, 15) is 16.8 Å². The fourth-order valence-corrected chi connectivity index (χ4v) is 5.70. The molecule has 0 saturated heterocycles. The molecule has 0 N–H and O–H groups in total. The van der Waals surface area contributed by atoms with Crippen LogP contribution in [0.5, 0.6) is 0 Å². The monoisotopic (exact) mass is 516 g/mol. The van der Waals surface area contributed by atoms with E-state index in [0.29, 0.717) is 5.56 Å². The molecule has 0 aliphatic carbocycles. The van der Waals surface area contributed by atoms with Gasteiger partial charge >= 0.3 is 0 Å². The maximum Gasteiger partial charge on any atom is 0.275 e. The van der Waals surface area contributed by atoms with Crippen molar-refractivity contribution in [3.05, 3.63) is 89.5 Å². The third-order valence-corrected chi connectivity index (χ3v) is 8.60. The molecular weight excluding hydrogens is 492 g/mol. The zero-order chi connectivity index (χ0) is 26.3. The summed E-state index contributed by atoms with van der Waals surface area (Å²) in [6.07, 6.45) is 11.2. The summed E-state index contributed by atoms with van der Waals surface area (Å²) in [5, 5.41) is 0. The van der Waals surface area contributed by atoms with Crippen molar-refractivity contribution in [2.45, 2.75) is 30.1 Å². The van der Waals surface area contributed by atoms with Crippen molar-refractivity contribution in [2.24, 2.45) is 0 Å². The summed E-state index contributed by atoms with van der Waals surface area (Å²) in [5.41, 5.74) is 2.43. The Hall–Kier alpha value is -4.16. The third kappa shape index (κ3) is 5.73. The number of rotatable bonds is 7. The number of hydrogen-bond donors (Lipinski definition) is 0. The molecule has 0 spiro atoms. The van der Waals surface area contributed by atoms with E-state index in [0.717, 1.165) is 19.7 Å². The van der Waals surface area contributed by atoms with Crippen molar-refractivity contribution < 1.29 is 16.8 Å². The Morgan fingerprint density at radius 1 is 0.722 bits per heavy atom. The zero-order valence-corrected chi connectivity index (χ0v) is 21.5. The van der Waals surface area contributed by atoms with E-state index >= 15 is 0 Å². The van der Waals surface area contributed by atoms with Crippen LogP contribution in [0.1, 0.15) is 23.1 Å². The Labute approximate surface area is 213 Å². The number of nitrogens with zero attached hydrogens (tertiary/aromatic N) is 2. The zero-order valence-electron chi connectivity index (χ0n) is 19.8. The molecule has 3 rings (SSSR count). The second-order valence-electron chi connectivity index (χ2n) is 7.80. The lowest BCUT2D eigenvalue weighted by Crippen LogP contribution is -2.27. The predicted octanol–water partition coefficient (Wildman–Crippen LogP) is 4.11. The number of terminal acetylenes is 2. The van der Waals surface area contributed by atoms with Gasteiger partial charge in [-0.15, -0.1) is 0 Å². The number of anilines is 1. The fourth-order valence-electron chi connectivity index (χ4n) is 3.25. The molecular formula is C28H24N2O4S2. The summed E-state index contributed by atoms with van der Waals surface area (Å²) in [5.74, 6) is 5.77. The lowest BCUT2D eigenvalue weighted by Gasteiger charge is -2.19. The molecule has 36 heavy (non-hydrogen) atoms. The molecule has 0 atom stereocenters. The molecule has 0 bridgehead atoms. The van der Waals surface area contributed by atoms with Gasteiger partial charge in [0, 0.05) is 18.5 Å². The van der Waals surface area contributed by atoms with Crippen LogP contribution < -0.4 is 4.31 Å². The Balaban J connectivity index is 1.84. The van der Waals surface area contributed by atoms with Gasteiger partial charge in [0.2, 0.25) is 0 Å². The smallest absolute Gasteiger partial charge is 0.224 e. The average molecular weight is 517 g/mol. The maximum atomic E-state index is 13.2. The van der Waals surface area contributed by atoms with Crippen molar-refractivity contribution in [3.8, 4) is 36.8 Å². The highest BCUT2D eigenvalue weighted by Gasteiger charge is 2.25. The Bertz CT molecular complexity index is 1600. The minimum absolute atomic E-state index is 0.0393. The third-order valence-electron chi connectivity index (χ3n) is 5.22. The van der Waals surface area contributed by atoms with Crippen LogP contribution >= 0.6 is 0 Å². The topological polar surface area (TPSA) is 74.8 Å². The summed E-state index contributed by atoms with van der Waals surface area (Å²) < 4.78 is 53.8. The highest BCUT2D eigenvalue weighted by molar-refractivity contribution is 7.93. The van der Waals surface area contributed by atoms with E-state index in [1.165, 1.54) is 24.3 Å². The van der Waals surface area contributed by atoms with Crippen molar-refractivity contribution >= 4 is 25.7 Å². The van der Waals surface area contributed by atoms with Crippen LogP contribution in [0.4, 0.5) is 5.69 Å². The number of sulfonamides is 2.